The maximum Gasteiger partial charge on any atom is 0.193 e. The van der Waals surface area contributed by atoms with E-state index in [1.54, 1.807) is 26.3 Å². The van der Waals surface area contributed by atoms with Crippen molar-refractivity contribution in [3.8, 4) is 0 Å². The molecular formula is C17H28FN3O2. The molecule has 0 unspecified atom stereocenters. The number of hydrogen-bond donors (Lipinski definition) is 1. The van der Waals surface area contributed by atoms with E-state index in [2.05, 4.69) is 10.3 Å². The first-order valence-electron chi connectivity index (χ1n) is 7.90. The van der Waals surface area contributed by atoms with E-state index in [1.807, 2.05) is 11.9 Å². The van der Waals surface area contributed by atoms with E-state index in [0.717, 1.165) is 37.5 Å². The molecule has 1 rings (SSSR count). The van der Waals surface area contributed by atoms with Crippen LogP contribution in [0, 0.1) is 5.82 Å². The lowest BCUT2D eigenvalue weighted by molar-refractivity contribution is 0.0689. The molecule has 0 heterocycles. The Kier molecular flexibility index (Phi) is 9.99. The van der Waals surface area contributed by atoms with Gasteiger partial charge in [0.05, 0.1) is 13.2 Å². The van der Waals surface area contributed by atoms with Gasteiger partial charge in [-0.15, -0.1) is 0 Å². The van der Waals surface area contributed by atoms with Crippen LogP contribution in [0.15, 0.2) is 29.3 Å². The van der Waals surface area contributed by atoms with E-state index < -0.39 is 0 Å². The smallest absolute Gasteiger partial charge is 0.193 e. The van der Waals surface area contributed by atoms with Crippen molar-refractivity contribution in [1.29, 1.82) is 0 Å². The molecule has 1 aromatic rings. The topological polar surface area (TPSA) is 46.1 Å². The molecule has 0 radical (unpaired) electrons. The molecule has 0 saturated carbocycles. The summed E-state index contributed by atoms with van der Waals surface area (Å²) in [6.45, 7) is 3.55. The number of hydrogen-bond acceptors (Lipinski definition) is 3. The van der Waals surface area contributed by atoms with Crippen LogP contribution < -0.4 is 5.32 Å². The Hall–Kier alpha value is -1.66. The van der Waals surface area contributed by atoms with Gasteiger partial charge in [-0.05, 0) is 30.5 Å². The number of unbranched alkanes of at least 4 members (excludes halogenated alkanes) is 1. The normalized spacial score (nSPS) is 11.6. The maximum atomic E-state index is 12.9. The summed E-state index contributed by atoms with van der Waals surface area (Å²) in [7, 11) is 5.39. The van der Waals surface area contributed by atoms with Crippen LogP contribution in [0.1, 0.15) is 18.4 Å². The largest absolute Gasteiger partial charge is 0.382 e. The molecule has 0 aliphatic carbocycles. The molecule has 0 atom stereocenters. The van der Waals surface area contributed by atoms with Gasteiger partial charge in [-0.1, -0.05) is 12.1 Å². The lowest BCUT2D eigenvalue weighted by Crippen LogP contribution is -2.38. The van der Waals surface area contributed by atoms with Crippen LogP contribution in [0.5, 0.6) is 0 Å². The third kappa shape index (κ3) is 8.52. The second-order valence-electron chi connectivity index (χ2n) is 5.27. The Morgan fingerprint density at radius 1 is 1.17 bits per heavy atom. The van der Waals surface area contributed by atoms with Crippen LogP contribution in [0.4, 0.5) is 4.39 Å². The maximum absolute atomic E-state index is 12.9. The SMILES string of the molecule is CN=C(NCCCCOCCOC)N(C)Cc1ccc(F)cc1. The van der Waals surface area contributed by atoms with Crippen LogP contribution >= 0.6 is 0 Å². The van der Waals surface area contributed by atoms with Crippen molar-refractivity contribution < 1.29 is 13.9 Å². The Morgan fingerprint density at radius 3 is 2.57 bits per heavy atom. The van der Waals surface area contributed by atoms with Crippen molar-refractivity contribution in [1.82, 2.24) is 10.2 Å². The van der Waals surface area contributed by atoms with Gasteiger partial charge in [-0.2, -0.15) is 0 Å². The van der Waals surface area contributed by atoms with Crippen molar-refractivity contribution in [3.63, 3.8) is 0 Å². The molecular weight excluding hydrogens is 297 g/mol. The van der Waals surface area contributed by atoms with Crippen LogP contribution in [0.2, 0.25) is 0 Å². The Bertz CT molecular complexity index is 452. The Morgan fingerprint density at radius 2 is 1.91 bits per heavy atom. The molecule has 1 aromatic carbocycles. The first kappa shape index (κ1) is 19.4. The van der Waals surface area contributed by atoms with Crippen molar-refractivity contribution in [3.05, 3.63) is 35.6 Å². The highest BCUT2D eigenvalue weighted by molar-refractivity contribution is 5.79. The standard InChI is InChI=1S/C17H28FN3O2/c1-19-17(20-10-4-5-11-23-13-12-22-3)21(2)14-15-6-8-16(18)9-7-15/h6-9H,4-5,10-14H2,1-3H3,(H,19,20). The summed E-state index contributed by atoms with van der Waals surface area (Å²) in [5.41, 5.74) is 1.04. The predicted molar refractivity (Wildman–Crippen MR) is 91.2 cm³/mol. The van der Waals surface area contributed by atoms with Crippen molar-refractivity contribution >= 4 is 5.96 Å². The van der Waals surface area contributed by atoms with E-state index in [0.29, 0.717) is 19.8 Å². The van der Waals surface area contributed by atoms with E-state index in [-0.39, 0.29) is 5.82 Å². The minimum atomic E-state index is -0.216. The lowest BCUT2D eigenvalue weighted by Gasteiger charge is -2.22. The summed E-state index contributed by atoms with van der Waals surface area (Å²) in [4.78, 5) is 6.29. The quantitative estimate of drug-likeness (QED) is 0.407. The van der Waals surface area contributed by atoms with Gasteiger partial charge in [0.1, 0.15) is 5.82 Å². The highest BCUT2D eigenvalue weighted by Gasteiger charge is 2.06. The van der Waals surface area contributed by atoms with Gasteiger partial charge in [0, 0.05) is 40.9 Å². The number of guanidine groups is 1. The summed E-state index contributed by atoms with van der Waals surface area (Å²) in [6, 6.07) is 6.53. The Labute approximate surface area is 138 Å². The average Bonchev–Trinajstić information content (AvgIpc) is 2.55. The van der Waals surface area contributed by atoms with E-state index in [9.17, 15) is 4.39 Å². The molecule has 23 heavy (non-hydrogen) atoms. The molecule has 6 heteroatoms. The molecule has 0 spiro atoms. The zero-order valence-electron chi connectivity index (χ0n) is 14.3. The van der Waals surface area contributed by atoms with Gasteiger partial charge in [0.15, 0.2) is 5.96 Å². The van der Waals surface area contributed by atoms with Crippen molar-refractivity contribution in [2.75, 3.05) is 47.6 Å². The highest BCUT2D eigenvalue weighted by Crippen LogP contribution is 2.05. The summed E-state index contributed by atoms with van der Waals surface area (Å²) in [6.07, 6.45) is 2.01. The molecule has 0 fully saturated rings. The van der Waals surface area contributed by atoms with Crippen LogP contribution in [0.25, 0.3) is 0 Å². The zero-order chi connectivity index (χ0) is 16.9. The number of rotatable bonds is 10. The first-order valence-corrected chi connectivity index (χ1v) is 7.90. The summed E-state index contributed by atoms with van der Waals surface area (Å²) in [5, 5.41) is 3.32. The number of aliphatic imine (C=N–C) groups is 1. The fourth-order valence-corrected chi connectivity index (χ4v) is 2.10. The number of nitrogens with one attached hydrogen (secondary N) is 1. The molecule has 130 valence electrons. The summed E-state index contributed by atoms with van der Waals surface area (Å²) in [5.74, 6) is 0.612. The predicted octanol–water partition coefficient (Wildman–Crippen LogP) is 2.28. The summed E-state index contributed by atoms with van der Waals surface area (Å²) < 4.78 is 23.3. The molecule has 0 aliphatic heterocycles. The molecule has 0 saturated heterocycles. The number of ether oxygens (including phenoxy) is 2. The molecule has 0 bridgehead atoms. The molecule has 0 aliphatic rings. The highest BCUT2D eigenvalue weighted by atomic mass is 19.1. The van der Waals surface area contributed by atoms with Gasteiger partial charge >= 0.3 is 0 Å². The molecule has 0 amide bonds. The van der Waals surface area contributed by atoms with Gasteiger partial charge in [0.25, 0.3) is 0 Å². The minimum absolute atomic E-state index is 0.216. The van der Waals surface area contributed by atoms with Gasteiger partial charge in [-0.3, -0.25) is 4.99 Å². The average molecular weight is 325 g/mol. The van der Waals surface area contributed by atoms with E-state index in [4.69, 9.17) is 9.47 Å². The van der Waals surface area contributed by atoms with Crippen LogP contribution in [0.3, 0.4) is 0 Å². The lowest BCUT2D eigenvalue weighted by atomic mass is 10.2. The number of benzene rings is 1. The van der Waals surface area contributed by atoms with Crippen molar-refractivity contribution in [2.24, 2.45) is 4.99 Å². The first-order chi connectivity index (χ1) is 11.2. The monoisotopic (exact) mass is 325 g/mol. The number of nitrogens with zero attached hydrogens (tertiary/aromatic N) is 2. The van der Waals surface area contributed by atoms with E-state index in [1.165, 1.54) is 12.1 Å². The summed E-state index contributed by atoms with van der Waals surface area (Å²) >= 11 is 0. The van der Waals surface area contributed by atoms with Gasteiger partial charge in [-0.25, -0.2) is 4.39 Å². The molecule has 5 nitrogen and oxygen atoms in total. The second kappa shape index (κ2) is 11.8. The van der Waals surface area contributed by atoms with Gasteiger partial charge in [0.2, 0.25) is 0 Å². The fourth-order valence-electron chi connectivity index (χ4n) is 2.10. The molecule has 1 N–H and O–H groups in total. The number of methoxy groups -OCH3 is 1. The van der Waals surface area contributed by atoms with Crippen molar-refractivity contribution in [2.45, 2.75) is 19.4 Å². The molecule has 0 aromatic heterocycles. The fraction of sp³-hybridized carbons (Fsp3) is 0.588. The van der Waals surface area contributed by atoms with E-state index >= 15 is 0 Å². The van der Waals surface area contributed by atoms with Crippen LogP contribution in [-0.2, 0) is 16.0 Å². The Balaban J connectivity index is 2.21. The minimum Gasteiger partial charge on any atom is -0.382 e. The van der Waals surface area contributed by atoms with Gasteiger partial charge < -0.3 is 19.7 Å². The zero-order valence-corrected chi connectivity index (χ0v) is 14.3. The number of halogens is 1. The second-order valence-corrected chi connectivity index (χ2v) is 5.27. The van der Waals surface area contributed by atoms with Crippen LogP contribution in [-0.4, -0.2) is 58.4 Å². The third-order valence-electron chi connectivity index (χ3n) is 3.34. The third-order valence-corrected chi connectivity index (χ3v) is 3.34.